The largest absolute Gasteiger partial charge is 0.398 e. The van der Waals surface area contributed by atoms with E-state index in [9.17, 15) is 0 Å². The predicted molar refractivity (Wildman–Crippen MR) is 74.8 cm³/mol. The number of hydrogen-bond donors (Lipinski definition) is 1. The van der Waals surface area contributed by atoms with Gasteiger partial charge in [0.1, 0.15) is 0 Å². The summed E-state index contributed by atoms with van der Waals surface area (Å²) >= 11 is 5.23. The molecule has 2 rings (SSSR count). The second-order valence-electron chi connectivity index (χ2n) is 3.87. The fraction of sp³-hybridized carbons (Fsp3) is 0.250. The highest BCUT2D eigenvalue weighted by Crippen LogP contribution is 2.33. The Kier molecular flexibility index (Phi) is 3.40. The summed E-state index contributed by atoms with van der Waals surface area (Å²) in [5, 5.41) is 1.55. The van der Waals surface area contributed by atoms with Gasteiger partial charge in [-0.25, -0.2) is 0 Å². The van der Waals surface area contributed by atoms with Gasteiger partial charge < -0.3 is 5.73 Å². The molecule has 0 aliphatic rings. The van der Waals surface area contributed by atoms with Crippen molar-refractivity contribution in [2.75, 3.05) is 5.73 Å². The number of rotatable bonds is 2. The van der Waals surface area contributed by atoms with E-state index in [0.717, 1.165) is 21.1 Å². The maximum absolute atomic E-state index is 5.95. The summed E-state index contributed by atoms with van der Waals surface area (Å²) in [6.45, 7) is 4.34. The van der Waals surface area contributed by atoms with Crippen LogP contribution in [0.3, 0.4) is 0 Å². The maximum atomic E-state index is 5.95. The quantitative estimate of drug-likeness (QED) is 0.670. The molecule has 0 radical (unpaired) electrons. The molecule has 1 aromatic heterocycles. The Hall–Kier alpha value is -0.740. The molecule has 2 N–H and O–H groups in total. The minimum absolute atomic E-state index is 0.539. The van der Waals surface area contributed by atoms with Gasteiger partial charge in [0, 0.05) is 31.9 Å². The van der Waals surface area contributed by atoms with E-state index in [1.165, 1.54) is 4.90 Å². The lowest BCUT2D eigenvalue weighted by Crippen LogP contribution is -1.93. The lowest BCUT2D eigenvalue weighted by Gasteiger charge is -2.09. The molecule has 0 saturated heterocycles. The number of hydrogen-bond acceptors (Lipinski definition) is 3. The van der Waals surface area contributed by atoms with Gasteiger partial charge in [-0.15, -0.1) is 11.8 Å². The van der Waals surface area contributed by atoms with Crippen LogP contribution in [0.15, 0.2) is 33.8 Å². The highest BCUT2D eigenvalue weighted by Gasteiger charge is 2.08. The molecule has 4 heteroatoms. The Morgan fingerprint density at radius 2 is 2.12 bits per heavy atom. The molecule has 0 aliphatic carbocycles. The zero-order chi connectivity index (χ0) is 11.7. The first-order valence-electron chi connectivity index (χ1n) is 5.08. The fourth-order valence-electron chi connectivity index (χ4n) is 1.54. The molecule has 0 unspecified atom stereocenters. The number of anilines is 1. The second kappa shape index (κ2) is 4.63. The van der Waals surface area contributed by atoms with Crippen molar-refractivity contribution in [2.24, 2.45) is 0 Å². The van der Waals surface area contributed by atoms with E-state index in [4.69, 9.17) is 5.73 Å². The molecule has 0 atom stereocenters. The van der Waals surface area contributed by atoms with Crippen molar-refractivity contribution in [3.8, 4) is 0 Å². The van der Waals surface area contributed by atoms with Gasteiger partial charge in [-0.2, -0.15) is 0 Å². The summed E-state index contributed by atoms with van der Waals surface area (Å²) in [6, 6.07) is 6.01. The molecule has 0 aliphatic heterocycles. The Balaban J connectivity index is 2.64. The average Bonchev–Trinajstić information content (AvgIpc) is 2.22. The lowest BCUT2D eigenvalue weighted by atomic mass is 10.2. The van der Waals surface area contributed by atoms with E-state index in [1.807, 2.05) is 36.2 Å². The molecule has 0 fully saturated rings. The number of aromatic nitrogens is 1. The first-order chi connectivity index (χ1) is 7.58. The average molecular weight is 297 g/mol. The molecule has 0 amide bonds. The van der Waals surface area contributed by atoms with Crippen LogP contribution in [0.25, 0.3) is 10.9 Å². The SMILES string of the molecule is CC(C)Sc1ccc(N)c2cc(Br)cnc12. The van der Waals surface area contributed by atoms with Crippen molar-refractivity contribution in [3.05, 3.63) is 28.9 Å². The molecule has 84 valence electrons. The second-order valence-corrected chi connectivity index (χ2v) is 6.40. The molecule has 0 spiro atoms. The van der Waals surface area contributed by atoms with Crippen LogP contribution in [0.2, 0.25) is 0 Å². The number of nitrogens with zero attached hydrogens (tertiary/aromatic N) is 1. The van der Waals surface area contributed by atoms with Crippen molar-refractivity contribution >= 4 is 44.3 Å². The molecule has 1 aromatic carbocycles. The van der Waals surface area contributed by atoms with Crippen molar-refractivity contribution in [2.45, 2.75) is 24.0 Å². The van der Waals surface area contributed by atoms with Gasteiger partial charge in [0.05, 0.1) is 5.52 Å². The smallest absolute Gasteiger partial charge is 0.0859 e. The van der Waals surface area contributed by atoms with Crippen molar-refractivity contribution in [1.29, 1.82) is 0 Å². The van der Waals surface area contributed by atoms with Crippen LogP contribution >= 0.6 is 27.7 Å². The number of fused-ring (bicyclic) bond motifs is 1. The van der Waals surface area contributed by atoms with Gasteiger partial charge in [-0.1, -0.05) is 13.8 Å². The first kappa shape index (κ1) is 11.7. The Bertz CT molecular complexity index is 526. The molecule has 2 nitrogen and oxygen atoms in total. The molecular formula is C12H13BrN2S. The summed E-state index contributed by atoms with van der Waals surface area (Å²) in [4.78, 5) is 5.63. The third-order valence-electron chi connectivity index (χ3n) is 2.18. The summed E-state index contributed by atoms with van der Waals surface area (Å²) in [5.41, 5.74) is 7.72. The third kappa shape index (κ3) is 2.33. The Morgan fingerprint density at radius 1 is 1.38 bits per heavy atom. The van der Waals surface area contributed by atoms with Crippen LogP contribution in [0.1, 0.15) is 13.8 Å². The maximum Gasteiger partial charge on any atom is 0.0859 e. The highest BCUT2D eigenvalue weighted by molar-refractivity contribution is 9.10. The number of benzene rings is 1. The number of nitrogen functional groups attached to an aromatic ring is 1. The Labute approximate surface area is 108 Å². The van der Waals surface area contributed by atoms with Gasteiger partial charge in [-0.3, -0.25) is 4.98 Å². The summed E-state index contributed by atoms with van der Waals surface area (Å²) in [6.07, 6.45) is 1.81. The summed E-state index contributed by atoms with van der Waals surface area (Å²) in [7, 11) is 0. The number of nitrogens with two attached hydrogens (primary N) is 1. The summed E-state index contributed by atoms with van der Waals surface area (Å²) < 4.78 is 0.957. The van der Waals surface area contributed by atoms with E-state index in [2.05, 4.69) is 34.8 Å². The minimum atomic E-state index is 0.539. The molecule has 2 aromatic rings. The van der Waals surface area contributed by atoms with Crippen LogP contribution in [-0.4, -0.2) is 10.2 Å². The van der Waals surface area contributed by atoms with Crippen LogP contribution in [0, 0.1) is 0 Å². The van der Waals surface area contributed by atoms with Crippen LogP contribution in [0.5, 0.6) is 0 Å². The van der Waals surface area contributed by atoms with Gasteiger partial charge >= 0.3 is 0 Å². The van der Waals surface area contributed by atoms with E-state index in [1.54, 1.807) is 0 Å². The molecule has 1 heterocycles. The van der Waals surface area contributed by atoms with Gasteiger partial charge in [0.2, 0.25) is 0 Å². The van der Waals surface area contributed by atoms with E-state index >= 15 is 0 Å². The molecule has 0 saturated carbocycles. The third-order valence-corrected chi connectivity index (χ3v) is 3.66. The van der Waals surface area contributed by atoms with E-state index < -0.39 is 0 Å². The van der Waals surface area contributed by atoms with Crippen LogP contribution in [-0.2, 0) is 0 Å². The van der Waals surface area contributed by atoms with Crippen LogP contribution < -0.4 is 5.73 Å². The first-order valence-corrected chi connectivity index (χ1v) is 6.75. The molecule has 0 bridgehead atoms. The zero-order valence-corrected chi connectivity index (χ0v) is 11.6. The topological polar surface area (TPSA) is 38.9 Å². The number of thioether (sulfide) groups is 1. The fourth-order valence-corrected chi connectivity index (χ4v) is 2.80. The van der Waals surface area contributed by atoms with Crippen LogP contribution in [0.4, 0.5) is 5.69 Å². The van der Waals surface area contributed by atoms with E-state index in [-0.39, 0.29) is 0 Å². The summed E-state index contributed by atoms with van der Waals surface area (Å²) in [5.74, 6) is 0. The normalized spacial score (nSPS) is 11.2. The van der Waals surface area contributed by atoms with Crippen molar-refractivity contribution < 1.29 is 0 Å². The van der Waals surface area contributed by atoms with Gasteiger partial charge in [0.25, 0.3) is 0 Å². The van der Waals surface area contributed by atoms with Gasteiger partial charge in [0.15, 0.2) is 0 Å². The highest BCUT2D eigenvalue weighted by atomic mass is 79.9. The predicted octanol–water partition coefficient (Wildman–Crippen LogP) is 4.08. The van der Waals surface area contributed by atoms with Crippen molar-refractivity contribution in [3.63, 3.8) is 0 Å². The molecule has 16 heavy (non-hydrogen) atoms. The standard InChI is InChI=1S/C12H13BrN2S/c1-7(2)16-11-4-3-10(14)9-5-8(13)6-15-12(9)11/h3-7H,14H2,1-2H3. The Morgan fingerprint density at radius 3 is 2.81 bits per heavy atom. The monoisotopic (exact) mass is 296 g/mol. The lowest BCUT2D eigenvalue weighted by molar-refractivity contribution is 1.11. The minimum Gasteiger partial charge on any atom is -0.398 e. The molecular weight excluding hydrogens is 284 g/mol. The van der Waals surface area contributed by atoms with Gasteiger partial charge in [-0.05, 0) is 34.1 Å². The van der Waals surface area contributed by atoms with Crippen molar-refractivity contribution in [1.82, 2.24) is 4.98 Å². The van der Waals surface area contributed by atoms with E-state index in [0.29, 0.717) is 5.25 Å². The number of pyridine rings is 1. The zero-order valence-electron chi connectivity index (χ0n) is 9.20. The number of halogens is 1.